The molecule has 12 heteroatoms. The summed E-state index contributed by atoms with van der Waals surface area (Å²) in [6.07, 6.45) is 3.82. The zero-order valence-corrected chi connectivity index (χ0v) is 20.1. The maximum Gasteiger partial charge on any atom is 0.573 e. The number of rotatable bonds is 5. The Balaban J connectivity index is 1.04. The van der Waals surface area contributed by atoms with Crippen LogP contribution in [-0.4, -0.2) is 73.8 Å². The predicted octanol–water partition coefficient (Wildman–Crippen LogP) is 4.46. The number of nitrogens with zero attached hydrogens (tertiary/aromatic N) is 5. The molecular formula is C26H23F4N6O2. The van der Waals surface area contributed by atoms with Gasteiger partial charge in [0.25, 0.3) is 5.91 Å². The van der Waals surface area contributed by atoms with E-state index < -0.39 is 29.4 Å². The highest BCUT2D eigenvalue weighted by atomic mass is 19.4. The number of halogens is 4. The summed E-state index contributed by atoms with van der Waals surface area (Å²) in [5, 5.41) is 0.964. The smallest absolute Gasteiger partial charge is 0.403 e. The lowest BCUT2D eigenvalue weighted by molar-refractivity contribution is -0.275. The fourth-order valence-electron chi connectivity index (χ4n) is 5.16. The van der Waals surface area contributed by atoms with Gasteiger partial charge in [-0.15, -0.1) is 13.2 Å². The van der Waals surface area contributed by atoms with E-state index in [4.69, 9.17) is 0 Å². The number of carbonyl (C=O) groups is 1. The van der Waals surface area contributed by atoms with Gasteiger partial charge in [-0.25, -0.2) is 14.4 Å². The molecule has 0 saturated carbocycles. The van der Waals surface area contributed by atoms with Gasteiger partial charge in [-0.1, -0.05) is 6.07 Å². The summed E-state index contributed by atoms with van der Waals surface area (Å²) in [7, 11) is 0. The molecule has 3 aromatic heterocycles. The summed E-state index contributed by atoms with van der Waals surface area (Å²) in [5.41, 5.74) is 2.25. The van der Waals surface area contributed by atoms with Gasteiger partial charge in [0, 0.05) is 61.8 Å². The summed E-state index contributed by atoms with van der Waals surface area (Å²) in [5.74, 6) is -2.94. The largest absolute Gasteiger partial charge is 0.573 e. The highest BCUT2D eigenvalue weighted by molar-refractivity contribution is 5.95. The molecule has 2 aliphatic rings. The lowest BCUT2D eigenvalue weighted by Gasteiger charge is -2.47. The van der Waals surface area contributed by atoms with Crippen molar-refractivity contribution in [2.75, 3.05) is 26.2 Å². The Hall–Kier alpha value is -3.93. The van der Waals surface area contributed by atoms with Crippen molar-refractivity contribution in [3.05, 3.63) is 72.7 Å². The van der Waals surface area contributed by atoms with Crippen LogP contribution < -0.4 is 4.74 Å². The molecule has 0 aliphatic carbocycles. The van der Waals surface area contributed by atoms with Crippen molar-refractivity contribution in [1.29, 1.82) is 0 Å². The zero-order valence-electron chi connectivity index (χ0n) is 20.1. The molecule has 1 amide bonds. The van der Waals surface area contributed by atoms with Crippen molar-refractivity contribution in [3.8, 4) is 17.0 Å². The maximum atomic E-state index is 14.6. The van der Waals surface area contributed by atoms with Crippen LogP contribution in [0.4, 0.5) is 17.6 Å². The number of carbonyl (C=O) groups excluding carboxylic acids is 1. The predicted molar refractivity (Wildman–Crippen MR) is 130 cm³/mol. The van der Waals surface area contributed by atoms with Gasteiger partial charge in [-0.3, -0.25) is 9.69 Å². The molecule has 2 saturated heterocycles. The maximum absolute atomic E-state index is 14.6. The number of nitrogens with one attached hydrogen (secondary N) is 1. The average Bonchev–Trinajstić information content (AvgIpc) is 3.54. The van der Waals surface area contributed by atoms with Crippen molar-refractivity contribution >= 4 is 16.9 Å². The van der Waals surface area contributed by atoms with E-state index in [-0.39, 0.29) is 6.04 Å². The van der Waals surface area contributed by atoms with E-state index in [2.05, 4.69) is 35.4 Å². The van der Waals surface area contributed by atoms with Gasteiger partial charge in [0.1, 0.15) is 12.0 Å². The second-order valence-corrected chi connectivity index (χ2v) is 9.43. The quantitative estimate of drug-likeness (QED) is 0.388. The summed E-state index contributed by atoms with van der Waals surface area (Å²) < 4.78 is 58.0. The molecule has 8 nitrogen and oxygen atoms in total. The van der Waals surface area contributed by atoms with Crippen LogP contribution in [0.5, 0.6) is 5.75 Å². The molecular weight excluding hydrogens is 504 g/mol. The normalized spacial score (nSPS) is 17.6. The van der Waals surface area contributed by atoms with Crippen molar-refractivity contribution in [2.24, 2.45) is 0 Å². The lowest BCUT2D eigenvalue weighted by atomic mass is 9.97. The Kier molecular flexibility index (Phi) is 6.05. The Morgan fingerprint density at radius 3 is 2.63 bits per heavy atom. The molecule has 4 aromatic rings. The van der Waals surface area contributed by atoms with Crippen LogP contribution in [0.1, 0.15) is 23.2 Å². The van der Waals surface area contributed by atoms with Crippen molar-refractivity contribution in [2.45, 2.75) is 25.2 Å². The highest BCUT2D eigenvalue weighted by Crippen LogP contribution is 2.32. The molecule has 1 radical (unpaired) electrons. The van der Waals surface area contributed by atoms with Gasteiger partial charge >= 0.3 is 6.36 Å². The Bertz CT molecular complexity index is 1470. The number of likely N-dealkylation sites (tertiary alicyclic amines) is 2. The minimum atomic E-state index is -5.04. The first-order chi connectivity index (χ1) is 18.3. The Labute approximate surface area is 214 Å². The molecule has 5 heterocycles. The van der Waals surface area contributed by atoms with E-state index in [1.54, 1.807) is 6.33 Å². The molecule has 197 valence electrons. The molecule has 1 N–H and O–H groups in total. The molecule has 2 aliphatic heterocycles. The standard InChI is InChI=1S/C26H23F4N6O2/c27-22-19(2-1-3-21(22)38-26(28,29)30)25(37)34-10-6-17(7-11-34)36-13-18(14-36)35-9-5-16(12-35)23-20-4-8-31-24(20)33-15-32-23/h1-5,8-9,12,15,17H,6-7,10-11,13-14H2,(H,31,32,33). The second kappa shape index (κ2) is 9.43. The molecule has 0 unspecified atom stereocenters. The van der Waals surface area contributed by atoms with Gasteiger partial charge in [-0.2, -0.15) is 0 Å². The minimum absolute atomic E-state index is 0.268. The van der Waals surface area contributed by atoms with Crippen LogP contribution in [0.25, 0.3) is 22.3 Å². The summed E-state index contributed by atoms with van der Waals surface area (Å²) in [6.45, 7) is 2.38. The monoisotopic (exact) mass is 527 g/mol. The first-order valence-electron chi connectivity index (χ1n) is 12.2. The third-order valence-electron chi connectivity index (χ3n) is 7.14. The van der Waals surface area contributed by atoms with Gasteiger partial charge in [0.2, 0.25) is 0 Å². The van der Waals surface area contributed by atoms with Crippen LogP contribution in [0.2, 0.25) is 0 Å². The van der Waals surface area contributed by atoms with Gasteiger partial charge in [-0.05, 0) is 37.1 Å². The second-order valence-electron chi connectivity index (χ2n) is 9.43. The molecule has 0 bridgehead atoms. The molecule has 6 rings (SSSR count). The number of fused-ring (bicyclic) bond motifs is 1. The highest BCUT2D eigenvalue weighted by Gasteiger charge is 2.37. The first kappa shape index (κ1) is 24.4. The number of amides is 1. The number of hydrogen-bond acceptors (Lipinski definition) is 5. The number of ether oxygens (including phenoxy) is 1. The molecule has 38 heavy (non-hydrogen) atoms. The Morgan fingerprint density at radius 1 is 1.08 bits per heavy atom. The van der Waals surface area contributed by atoms with E-state index in [0.717, 1.165) is 41.4 Å². The molecule has 1 aromatic carbocycles. The number of piperidine rings is 1. The van der Waals surface area contributed by atoms with Gasteiger partial charge in [0.05, 0.1) is 17.3 Å². The first-order valence-corrected chi connectivity index (χ1v) is 12.2. The molecule has 0 atom stereocenters. The zero-order chi connectivity index (χ0) is 26.4. The van der Waals surface area contributed by atoms with Gasteiger partial charge < -0.3 is 19.2 Å². The van der Waals surface area contributed by atoms with Crippen LogP contribution in [0, 0.1) is 11.9 Å². The molecule has 2 fully saturated rings. The van der Waals surface area contributed by atoms with E-state index in [0.29, 0.717) is 25.9 Å². The number of alkyl halides is 3. The van der Waals surface area contributed by atoms with Crippen LogP contribution in [-0.2, 0) is 0 Å². The third-order valence-corrected chi connectivity index (χ3v) is 7.14. The number of aromatic nitrogens is 4. The number of hydrogen-bond donors (Lipinski definition) is 1. The SMILES string of the molecule is O=C(c1cccc(OC(F)(F)F)c1F)N1CCC(N2C[C](n3ccc(-c4ncnc5[nH]ccc45)c3)C2)CC1. The van der Waals surface area contributed by atoms with Crippen molar-refractivity contribution < 1.29 is 27.1 Å². The minimum Gasteiger partial charge on any atom is -0.403 e. The topological polar surface area (TPSA) is 79.3 Å². The van der Waals surface area contributed by atoms with Crippen LogP contribution in [0.3, 0.4) is 0 Å². The number of H-pyrrole nitrogens is 1. The van der Waals surface area contributed by atoms with E-state index >= 15 is 0 Å². The summed E-state index contributed by atoms with van der Waals surface area (Å²) >= 11 is 0. The van der Waals surface area contributed by atoms with Gasteiger partial charge in [0.15, 0.2) is 11.6 Å². The van der Waals surface area contributed by atoms with E-state index in [1.165, 1.54) is 23.1 Å². The van der Waals surface area contributed by atoms with Crippen molar-refractivity contribution in [1.82, 2.24) is 29.3 Å². The Morgan fingerprint density at radius 2 is 1.87 bits per heavy atom. The van der Waals surface area contributed by atoms with Crippen molar-refractivity contribution in [3.63, 3.8) is 0 Å². The third kappa shape index (κ3) is 4.60. The molecule has 0 spiro atoms. The summed E-state index contributed by atoms with van der Waals surface area (Å²) in [6, 6.07) is 8.71. The fourth-order valence-corrected chi connectivity index (χ4v) is 5.16. The van der Waals surface area contributed by atoms with Crippen LogP contribution >= 0.6 is 0 Å². The number of benzene rings is 1. The fraction of sp³-hybridized carbons (Fsp3) is 0.308. The van der Waals surface area contributed by atoms with Crippen LogP contribution in [0.15, 0.2) is 55.2 Å². The van der Waals surface area contributed by atoms with E-state index in [1.807, 2.05) is 24.5 Å². The lowest BCUT2D eigenvalue weighted by Crippen LogP contribution is -2.56. The average molecular weight is 528 g/mol. The number of aromatic amines is 1. The van der Waals surface area contributed by atoms with E-state index in [9.17, 15) is 22.4 Å². The summed E-state index contributed by atoms with van der Waals surface area (Å²) in [4.78, 5) is 28.4.